The standard InChI is InChI=1S/C12H14BrN3O4/c1-2-6-14-10(17)7-15-12(18)8-4-3-5-9(11(8)13)16(19)20/h3-5H,2,6-7H2,1H3,(H,14,17)(H,15,18). The van der Waals surface area contributed by atoms with Crippen LogP contribution in [0.25, 0.3) is 0 Å². The maximum absolute atomic E-state index is 11.9. The minimum atomic E-state index is -0.588. The predicted octanol–water partition coefficient (Wildman–Crippen LogP) is 1.61. The molecule has 0 aliphatic carbocycles. The van der Waals surface area contributed by atoms with Crippen LogP contribution < -0.4 is 10.6 Å². The molecule has 0 aliphatic rings. The van der Waals surface area contributed by atoms with Gasteiger partial charge in [-0.1, -0.05) is 13.0 Å². The highest BCUT2D eigenvalue weighted by atomic mass is 79.9. The minimum absolute atomic E-state index is 0.0940. The first-order valence-corrected chi connectivity index (χ1v) is 6.74. The summed E-state index contributed by atoms with van der Waals surface area (Å²) in [6.07, 6.45) is 0.802. The van der Waals surface area contributed by atoms with Crippen molar-refractivity contribution in [3.05, 3.63) is 38.3 Å². The molecule has 1 aromatic rings. The van der Waals surface area contributed by atoms with E-state index >= 15 is 0 Å². The molecule has 0 spiro atoms. The molecule has 0 unspecified atom stereocenters. The van der Waals surface area contributed by atoms with Gasteiger partial charge in [0.25, 0.3) is 11.6 Å². The fourth-order valence-electron chi connectivity index (χ4n) is 1.42. The molecule has 1 rings (SSSR count). The van der Waals surface area contributed by atoms with Gasteiger partial charge in [-0.25, -0.2) is 0 Å². The lowest BCUT2D eigenvalue weighted by atomic mass is 10.2. The minimum Gasteiger partial charge on any atom is -0.355 e. The summed E-state index contributed by atoms with van der Waals surface area (Å²) >= 11 is 3.03. The Labute approximate surface area is 124 Å². The second-order valence-electron chi connectivity index (χ2n) is 3.93. The zero-order valence-corrected chi connectivity index (χ0v) is 12.4. The highest BCUT2D eigenvalue weighted by molar-refractivity contribution is 9.10. The van der Waals surface area contributed by atoms with Crippen LogP contribution >= 0.6 is 15.9 Å². The molecule has 0 heterocycles. The molecule has 0 saturated carbocycles. The summed E-state index contributed by atoms with van der Waals surface area (Å²) in [5.41, 5.74) is -0.0874. The fourth-order valence-corrected chi connectivity index (χ4v) is 2.01. The zero-order chi connectivity index (χ0) is 15.1. The lowest BCUT2D eigenvalue weighted by molar-refractivity contribution is -0.385. The van der Waals surface area contributed by atoms with E-state index in [9.17, 15) is 19.7 Å². The first-order chi connectivity index (χ1) is 9.47. The molecule has 0 aliphatic heterocycles. The Balaban J connectivity index is 2.71. The maximum Gasteiger partial charge on any atom is 0.284 e. The molecule has 0 saturated heterocycles. The van der Waals surface area contributed by atoms with Crippen molar-refractivity contribution in [1.82, 2.24) is 10.6 Å². The van der Waals surface area contributed by atoms with Gasteiger partial charge in [0.1, 0.15) is 4.47 Å². The van der Waals surface area contributed by atoms with Gasteiger partial charge in [0.2, 0.25) is 5.91 Å². The Kier molecular flexibility index (Phi) is 6.10. The van der Waals surface area contributed by atoms with E-state index < -0.39 is 10.8 Å². The van der Waals surface area contributed by atoms with E-state index in [2.05, 4.69) is 26.6 Å². The van der Waals surface area contributed by atoms with Crippen molar-refractivity contribution >= 4 is 33.4 Å². The number of hydrogen-bond acceptors (Lipinski definition) is 4. The topological polar surface area (TPSA) is 101 Å². The molecule has 1 aromatic carbocycles. The molecule has 8 heteroatoms. The van der Waals surface area contributed by atoms with E-state index in [-0.39, 0.29) is 28.2 Å². The zero-order valence-electron chi connectivity index (χ0n) is 10.8. The van der Waals surface area contributed by atoms with Crippen LogP contribution in [0.15, 0.2) is 22.7 Å². The summed E-state index contributed by atoms with van der Waals surface area (Å²) in [5, 5.41) is 15.8. The lowest BCUT2D eigenvalue weighted by Crippen LogP contribution is -2.37. The summed E-state index contributed by atoms with van der Waals surface area (Å²) in [6, 6.07) is 4.14. The first-order valence-electron chi connectivity index (χ1n) is 5.95. The van der Waals surface area contributed by atoms with Crippen molar-refractivity contribution in [3.8, 4) is 0 Å². The van der Waals surface area contributed by atoms with Crippen LogP contribution in [0, 0.1) is 10.1 Å². The van der Waals surface area contributed by atoms with Gasteiger partial charge >= 0.3 is 0 Å². The van der Waals surface area contributed by atoms with Crippen molar-refractivity contribution in [2.75, 3.05) is 13.1 Å². The van der Waals surface area contributed by atoms with Crippen LogP contribution in [-0.2, 0) is 4.79 Å². The summed E-state index contributed by atoms with van der Waals surface area (Å²) in [6.45, 7) is 2.28. The van der Waals surface area contributed by atoms with E-state index in [1.54, 1.807) is 0 Å². The van der Waals surface area contributed by atoms with Crippen LogP contribution in [-0.4, -0.2) is 29.8 Å². The highest BCUT2D eigenvalue weighted by Gasteiger charge is 2.19. The lowest BCUT2D eigenvalue weighted by Gasteiger charge is -2.07. The number of nitrogens with one attached hydrogen (secondary N) is 2. The highest BCUT2D eigenvalue weighted by Crippen LogP contribution is 2.27. The maximum atomic E-state index is 11.9. The fraction of sp³-hybridized carbons (Fsp3) is 0.333. The van der Waals surface area contributed by atoms with Crippen LogP contribution in [0.3, 0.4) is 0 Å². The third-order valence-electron chi connectivity index (χ3n) is 2.40. The summed E-state index contributed by atoms with van der Waals surface area (Å²) in [7, 11) is 0. The number of nitrogens with zero attached hydrogens (tertiary/aromatic N) is 1. The van der Waals surface area contributed by atoms with Crippen molar-refractivity contribution < 1.29 is 14.5 Å². The number of carbonyl (C=O) groups is 2. The smallest absolute Gasteiger partial charge is 0.284 e. The number of nitro groups is 1. The molecule has 0 fully saturated rings. The van der Waals surface area contributed by atoms with E-state index in [4.69, 9.17) is 0 Å². The van der Waals surface area contributed by atoms with Crippen LogP contribution in [0.4, 0.5) is 5.69 Å². The summed E-state index contributed by atoms with van der Waals surface area (Å²) in [4.78, 5) is 33.4. The average molecular weight is 344 g/mol. The van der Waals surface area contributed by atoms with Crippen molar-refractivity contribution in [3.63, 3.8) is 0 Å². The Hall–Kier alpha value is -1.96. The van der Waals surface area contributed by atoms with Gasteiger partial charge in [0.15, 0.2) is 0 Å². The molecule has 2 amide bonds. The van der Waals surface area contributed by atoms with Crippen molar-refractivity contribution in [1.29, 1.82) is 0 Å². The van der Waals surface area contributed by atoms with Gasteiger partial charge in [-0.3, -0.25) is 19.7 Å². The molecule has 0 bridgehead atoms. The Bertz CT molecular complexity index is 533. The SMILES string of the molecule is CCCNC(=O)CNC(=O)c1cccc([N+](=O)[O-])c1Br. The van der Waals surface area contributed by atoms with E-state index in [0.717, 1.165) is 6.42 Å². The Morgan fingerprint density at radius 3 is 2.65 bits per heavy atom. The molecular formula is C12H14BrN3O4. The Morgan fingerprint density at radius 1 is 1.35 bits per heavy atom. The average Bonchev–Trinajstić information content (AvgIpc) is 2.42. The number of halogens is 1. The van der Waals surface area contributed by atoms with Gasteiger partial charge in [0.05, 0.1) is 17.0 Å². The number of nitro benzene ring substituents is 1. The molecule has 7 nitrogen and oxygen atoms in total. The van der Waals surface area contributed by atoms with Gasteiger partial charge in [-0.05, 0) is 28.4 Å². The van der Waals surface area contributed by atoms with Crippen LogP contribution in [0.2, 0.25) is 0 Å². The summed E-state index contributed by atoms with van der Waals surface area (Å²) < 4.78 is 0.0940. The number of carbonyl (C=O) groups excluding carboxylic acids is 2. The van der Waals surface area contributed by atoms with E-state index in [1.165, 1.54) is 18.2 Å². The summed E-state index contributed by atoms with van der Waals surface area (Å²) in [5.74, 6) is -0.853. The molecule has 0 atom stereocenters. The quantitative estimate of drug-likeness (QED) is 0.605. The largest absolute Gasteiger partial charge is 0.355 e. The van der Waals surface area contributed by atoms with E-state index in [1.807, 2.05) is 6.92 Å². The van der Waals surface area contributed by atoms with Crippen LogP contribution in [0.1, 0.15) is 23.7 Å². The van der Waals surface area contributed by atoms with Crippen molar-refractivity contribution in [2.45, 2.75) is 13.3 Å². The second kappa shape index (κ2) is 7.59. The number of rotatable bonds is 6. The van der Waals surface area contributed by atoms with Crippen molar-refractivity contribution in [2.24, 2.45) is 0 Å². The molecule has 0 aromatic heterocycles. The monoisotopic (exact) mass is 343 g/mol. The van der Waals surface area contributed by atoms with E-state index in [0.29, 0.717) is 6.54 Å². The molecular weight excluding hydrogens is 330 g/mol. The van der Waals surface area contributed by atoms with Gasteiger partial charge in [-0.2, -0.15) is 0 Å². The number of hydrogen-bond donors (Lipinski definition) is 2. The molecule has 108 valence electrons. The first kappa shape index (κ1) is 16.1. The van der Waals surface area contributed by atoms with Gasteiger partial charge in [0, 0.05) is 12.6 Å². The third-order valence-corrected chi connectivity index (χ3v) is 3.23. The predicted molar refractivity (Wildman–Crippen MR) is 76.4 cm³/mol. The molecule has 2 N–H and O–H groups in total. The number of amides is 2. The second-order valence-corrected chi connectivity index (χ2v) is 4.72. The molecule has 20 heavy (non-hydrogen) atoms. The third kappa shape index (κ3) is 4.30. The molecule has 0 radical (unpaired) electrons. The normalized spacial score (nSPS) is 9.90. The van der Waals surface area contributed by atoms with Gasteiger partial charge in [-0.15, -0.1) is 0 Å². The van der Waals surface area contributed by atoms with Crippen LogP contribution in [0.5, 0.6) is 0 Å². The Morgan fingerprint density at radius 2 is 2.05 bits per heavy atom. The number of benzene rings is 1. The van der Waals surface area contributed by atoms with Gasteiger partial charge < -0.3 is 10.6 Å².